The van der Waals surface area contributed by atoms with Crippen molar-refractivity contribution in [3.63, 3.8) is 0 Å². The summed E-state index contributed by atoms with van der Waals surface area (Å²) < 4.78 is 31.9. The largest absolute Gasteiger partial charge is 0.482 e. The van der Waals surface area contributed by atoms with Gasteiger partial charge in [0.05, 0.1) is 9.92 Å². The third-order valence-corrected chi connectivity index (χ3v) is 4.59. The Kier molecular flexibility index (Phi) is 8.08. The second-order valence-corrected chi connectivity index (χ2v) is 6.90. The summed E-state index contributed by atoms with van der Waals surface area (Å²) in [6.07, 6.45) is 3.20. The lowest BCUT2D eigenvalue weighted by molar-refractivity contribution is -0.122. The van der Waals surface area contributed by atoms with E-state index in [2.05, 4.69) is 16.6 Å². The highest BCUT2D eigenvalue weighted by atomic mass is 35.5. The van der Waals surface area contributed by atoms with Gasteiger partial charge in [0.1, 0.15) is 5.75 Å². The van der Waals surface area contributed by atoms with Crippen LogP contribution in [0.2, 0.25) is 5.02 Å². The molecule has 2 N–H and O–H groups in total. The highest BCUT2D eigenvalue weighted by Crippen LogP contribution is 2.27. The highest BCUT2D eigenvalue weighted by molar-refractivity contribution is 7.89. The van der Waals surface area contributed by atoms with E-state index in [9.17, 15) is 13.2 Å². The smallest absolute Gasteiger partial charge is 0.258 e. The van der Waals surface area contributed by atoms with Gasteiger partial charge in [0.2, 0.25) is 10.0 Å². The topological polar surface area (TPSA) is 84.5 Å². The van der Waals surface area contributed by atoms with Gasteiger partial charge in [-0.2, -0.15) is 0 Å². The summed E-state index contributed by atoms with van der Waals surface area (Å²) in [5.41, 5.74) is 0. The number of rotatable bonds is 10. The van der Waals surface area contributed by atoms with E-state index in [1.807, 2.05) is 6.92 Å². The molecule has 0 spiro atoms. The summed E-state index contributed by atoms with van der Waals surface area (Å²) in [5.74, 6) is -0.0770. The third kappa shape index (κ3) is 6.60. The minimum Gasteiger partial charge on any atom is -0.482 e. The number of hydrogen-bond donors (Lipinski definition) is 2. The van der Waals surface area contributed by atoms with Crippen LogP contribution < -0.4 is 14.8 Å². The Morgan fingerprint density at radius 3 is 2.78 bits per heavy atom. The van der Waals surface area contributed by atoms with Gasteiger partial charge in [0, 0.05) is 13.1 Å². The molecule has 128 valence electrons. The number of benzene rings is 1. The summed E-state index contributed by atoms with van der Waals surface area (Å²) >= 11 is 6.02. The second kappa shape index (κ2) is 9.54. The molecule has 1 amide bonds. The van der Waals surface area contributed by atoms with E-state index in [1.54, 1.807) is 6.08 Å². The van der Waals surface area contributed by atoms with Crippen LogP contribution in [0.5, 0.6) is 5.75 Å². The Morgan fingerprint density at radius 1 is 1.43 bits per heavy atom. The van der Waals surface area contributed by atoms with Crippen molar-refractivity contribution in [1.82, 2.24) is 10.0 Å². The van der Waals surface area contributed by atoms with E-state index in [1.165, 1.54) is 18.2 Å². The van der Waals surface area contributed by atoms with Gasteiger partial charge in [-0.3, -0.25) is 4.79 Å². The van der Waals surface area contributed by atoms with Crippen molar-refractivity contribution in [3.8, 4) is 5.75 Å². The van der Waals surface area contributed by atoms with Crippen LogP contribution in [-0.4, -0.2) is 34.0 Å². The van der Waals surface area contributed by atoms with Crippen LogP contribution in [-0.2, 0) is 14.8 Å². The fourth-order valence-corrected chi connectivity index (χ4v) is 3.01. The number of nitrogens with one attached hydrogen (secondary N) is 2. The second-order valence-electron chi connectivity index (χ2n) is 4.72. The summed E-state index contributed by atoms with van der Waals surface area (Å²) in [7, 11) is -3.60. The van der Waals surface area contributed by atoms with Crippen molar-refractivity contribution in [2.45, 2.75) is 24.7 Å². The fourth-order valence-electron chi connectivity index (χ4n) is 1.61. The van der Waals surface area contributed by atoms with Gasteiger partial charge < -0.3 is 10.1 Å². The molecular formula is C15H21ClN2O4S. The molecule has 0 bridgehead atoms. The zero-order valence-electron chi connectivity index (χ0n) is 13.0. The molecule has 0 fully saturated rings. The van der Waals surface area contributed by atoms with Crippen molar-refractivity contribution in [1.29, 1.82) is 0 Å². The zero-order chi connectivity index (χ0) is 17.3. The number of unbranched alkanes of at least 4 members (excludes halogenated alkanes) is 1. The van der Waals surface area contributed by atoms with Crippen LogP contribution in [0.15, 0.2) is 35.7 Å². The normalized spacial score (nSPS) is 11.0. The molecular weight excluding hydrogens is 340 g/mol. The maximum absolute atomic E-state index is 12.1. The Bertz CT molecular complexity index is 647. The lowest BCUT2D eigenvalue weighted by Gasteiger charge is -2.10. The fraction of sp³-hybridized carbons (Fsp3) is 0.400. The molecule has 23 heavy (non-hydrogen) atoms. The van der Waals surface area contributed by atoms with Gasteiger partial charge >= 0.3 is 0 Å². The highest BCUT2D eigenvalue weighted by Gasteiger charge is 2.16. The zero-order valence-corrected chi connectivity index (χ0v) is 14.5. The predicted octanol–water partition coefficient (Wildman–Crippen LogP) is 2.10. The molecule has 0 heterocycles. The van der Waals surface area contributed by atoms with E-state index >= 15 is 0 Å². The molecule has 0 saturated carbocycles. The maximum Gasteiger partial charge on any atom is 0.258 e. The Balaban J connectivity index is 2.70. The summed E-state index contributed by atoms with van der Waals surface area (Å²) in [5, 5.41) is 2.68. The molecule has 0 aliphatic carbocycles. The van der Waals surface area contributed by atoms with E-state index in [-0.39, 0.29) is 28.2 Å². The number of halogens is 1. The van der Waals surface area contributed by atoms with Crippen molar-refractivity contribution in [2.24, 2.45) is 0 Å². The van der Waals surface area contributed by atoms with Crippen LogP contribution in [0.3, 0.4) is 0 Å². The van der Waals surface area contributed by atoms with Crippen LogP contribution in [0, 0.1) is 0 Å². The van der Waals surface area contributed by atoms with Crippen molar-refractivity contribution < 1.29 is 17.9 Å². The number of amides is 1. The Morgan fingerprint density at radius 2 is 2.17 bits per heavy atom. The molecule has 0 aliphatic heterocycles. The van der Waals surface area contributed by atoms with Crippen LogP contribution in [0.4, 0.5) is 0 Å². The molecule has 8 heteroatoms. The lowest BCUT2D eigenvalue weighted by atomic mass is 10.3. The van der Waals surface area contributed by atoms with Crippen molar-refractivity contribution in [3.05, 3.63) is 35.9 Å². The first-order valence-electron chi connectivity index (χ1n) is 7.20. The number of hydrogen-bond acceptors (Lipinski definition) is 4. The molecule has 1 aromatic rings. The average molecular weight is 361 g/mol. The van der Waals surface area contributed by atoms with Crippen molar-refractivity contribution >= 4 is 27.5 Å². The number of carbonyl (C=O) groups excluding carboxylic acids is 1. The van der Waals surface area contributed by atoms with E-state index in [4.69, 9.17) is 16.3 Å². The Labute approximate surface area is 141 Å². The quantitative estimate of drug-likeness (QED) is 0.494. The molecule has 0 atom stereocenters. The third-order valence-electron chi connectivity index (χ3n) is 2.84. The molecule has 0 saturated heterocycles. The van der Waals surface area contributed by atoms with Gasteiger partial charge in [-0.05, 0) is 24.6 Å². The SMILES string of the molecule is C=CCNC(=O)COc1ccc(S(=O)(=O)NCCCC)cc1Cl. The first kappa shape index (κ1) is 19.5. The van der Waals surface area contributed by atoms with E-state index in [0.717, 1.165) is 12.8 Å². The number of carbonyl (C=O) groups is 1. The van der Waals surface area contributed by atoms with Gasteiger partial charge in [0.15, 0.2) is 6.61 Å². The van der Waals surface area contributed by atoms with Crippen molar-refractivity contribution in [2.75, 3.05) is 19.7 Å². The number of ether oxygens (including phenoxy) is 1. The van der Waals surface area contributed by atoms with Gasteiger partial charge in [-0.1, -0.05) is 31.0 Å². The summed E-state index contributed by atoms with van der Waals surface area (Å²) in [4.78, 5) is 11.5. The van der Waals surface area contributed by atoms with E-state index < -0.39 is 10.0 Å². The number of sulfonamides is 1. The molecule has 0 unspecified atom stereocenters. The van der Waals surface area contributed by atoms with Crippen LogP contribution >= 0.6 is 11.6 Å². The average Bonchev–Trinajstić information content (AvgIpc) is 2.51. The molecule has 0 radical (unpaired) electrons. The molecule has 0 aliphatic rings. The predicted molar refractivity (Wildman–Crippen MR) is 90.3 cm³/mol. The monoisotopic (exact) mass is 360 g/mol. The lowest BCUT2D eigenvalue weighted by Crippen LogP contribution is -2.28. The molecule has 0 aromatic heterocycles. The minimum atomic E-state index is -3.60. The Hall–Kier alpha value is -1.57. The molecule has 6 nitrogen and oxygen atoms in total. The van der Waals surface area contributed by atoms with Gasteiger partial charge in [-0.25, -0.2) is 13.1 Å². The summed E-state index contributed by atoms with van der Waals surface area (Å²) in [6.45, 7) is 5.96. The van der Waals surface area contributed by atoms with Crippen LogP contribution in [0.25, 0.3) is 0 Å². The maximum atomic E-state index is 12.1. The first-order chi connectivity index (χ1) is 10.9. The van der Waals surface area contributed by atoms with Gasteiger partial charge in [-0.15, -0.1) is 6.58 Å². The van der Waals surface area contributed by atoms with Crippen LogP contribution in [0.1, 0.15) is 19.8 Å². The minimum absolute atomic E-state index is 0.0575. The summed E-state index contributed by atoms with van der Waals surface area (Å²) in [6, 6.07) is 4.11. The standard InChI is InChI=1S/C15H21ClN2O4S/c1-3-5-9-18-23(20,21)12-6-7-14(13(16)10-12)22-11-15(19)17-8-4-2/h4,6-7,10,18H,2-3,5,8-9,11H2,1H3,(H,17,19). The molecule has 1 aromatic carbocycles. The van der Waals surface area contributed by atoms with Gasteiger partial charge in [0.25, 0.3) is 5.91 Å². The molecule has 1 rings (SSSR count). The van der Waals surface area contributed by atoms with E-state index in [0.29, 0.717) is 13.1 Å². The first-order valence-corrected chi connectivity index (χ1v) is 9.06.